The maximum Gasteiger partial charge on any atom is 0.224 e. The Morgan fingerprint density at radius 2 is 1.74 bits per heavy atom. The lowest BCUT2D eigenvalue weighted by atomic mass is 9.48. The molecule has 4 saturated carbocycles. The summed E-state index contributed by atoms with van der Waals surface area (Å²) in [6.45, 7) is 0. The molecule has 102 valence electrons. The second-order valence-corrected chi connectivity index (χ2v) is 6.94. The van der Waals surface area contributed by atoms with Crippen LogP contribution in [0.25, 0.3) is 0 Å². The molecule has 0 spiro atoms. The minimum atomic E-state index is 0.297. The summed E-state index contributed by atoms with van der Waals surface area (Å²) < 4.78 is 0. The van der Waals surface area contributed by atoms with Gasteiger partial charge in [0.05, 0.1) is 0 Å². The predicted octanol–water partition coefficient (Wildman–Crippen LogP) is 2.57. The van der Waals surface area contributed by atoms with E-state index in [-0.39, 0.29) is 0 Å². The first-order chi connectivity index (χ1) is 9.18. The molecule has 0 saturated heterocycles. The molecular formula is C15H22N4. The van der Waals surface area contributed by atoms with Crippen LogP contribution in [0.4, 0.5) is 11.8 Å². The fourth-order valence-corrected chi connectivity index (χ4v) is 5.36. The highest BCUT2D eigenvalue weighted by atomic mass is 15.1. The minimum absolute atomic E-state index is 0.297. The topological polar surface area (TPSA) is 63.8 Å². The van der Waals surface area contributed by atoms with E-state index in [9.17, 15) is 0 Å². The normalized spacial score (nSPS) is 39.5. The molecule has 4 aliphatic carbocycles. The van der Waals surface area contributed by atoms with E-state index in [2.05, 4.69) is 15.3 Å². The van der Waals surface area contributed by atoms with E-state index in [4.69, 9.17) is 5.73 Å². The first kappa shape index (κ1) is 11.5. The molecule has 19 heavy (non-hydrogen) atoms. The summed E-state index contributed by atoms with van der Waals surface area (Å²) in [5.74, 6) is 4.10. The molecule has 0 aromatic carbocycles. The van der Waals surface area contributed by atoms with Gasteiger partial charge in [-0.25, -0.2) is 4.98 Å². The molecule has 0 atom stereocenters. The number of nitrogen functional groups attached to an aromatic ring is 1. The van der Waals surface area contributed by atoms with E-state index >= 15 is 0 Å². The van der Waals surface area contributed by atoms with Crippen LogP contribution in [-0.4, -0.2) is 17.0 Å². The van der Waals surface area contributed by atoms with Crippen LogP contribution in [-0.2, 0) is 5.41 Å². The maximum atomic E-state index is 6.23. The van der Waals surface area contributed by atoms with E-state index in [0.29, 0.717) is 17.2 Å². The number of hydrogen-bond acceptors (Lipinski definition) is 4. The standard InChI is InChI=1S/C15H22N4/c1-17-14-18-8-12(13(16)19-14)15-5-9-2-10(6-15)4-11(3-9)7-15/h8-11H,2-7H2,1H3,(H3,16,17,18,19). The zero-order chi connectivity index (χ0) is 13.0. The molecule has 0 unspecified atom stereocenters. The molecule has 0 radical (unpaired) electrons. The highest BCUT2D eigenvalue weighted by Gasteiger charge is 2.52. The summed E-state index contributed by atoms with van der Waals surface area (Å²) in [5.41, 5.74) is 7.75. The molecular weight excluding hydrogens is 236 g/mol. The van der Waals surface area contributed by atoms with E-state index in [1.54, 1.807) is 0 Å². The molecule has 4 aliphatic rings. The minimum Gasteiger partial charge on any atom is -0.383 e. The van der Waals surface area contributed by atoms with Crippen molar-refractivity contribution in [1.82, 2.24) is 9.97 Å². The number of nitrogens with two attached hydrogens (primary N) is 1. The Labute approximate surface area is 114 Å². The van der Waals surface area contributed by atoms with Gasteiger partial charge in [-0.3, -0.25) is 0 Å². The Balaban J connectivity index is 1.75. The zero-order valence-corrected chi connectivity index (χ0v) is 11.5. The third-order valence-electron chi connectivity index (χ3n) is 5.65. The molecule has 4 nitrogen and oxygen atoms in total. The molecule has 4 heteroatoms. The third-order valence-corrected chi connectivity index (χ3v) is 5.65. The fraction of sp³-hybridized carbons (Fsp3) is 0.733. The van der Waals surface area contributed by atoms with Crippen molar-refractivity contribution in [3.63, 3.8) is 0 Å². The lowest BCUT2D eigenvalue weighted by Gasteiger charge is -2.57. The van der Waals surface area contributed by atoms with Crippen molar-refractivity contribution in [3.05, 3.63) is 11.8 Å². The van der Waals surface area contributed by atoms with Crippen molar-refractivity contribution in [2.24, 2.45) is 17.8 Å². The molecule has 4 fully saturated rings. The van der Waals surface area contributed by atoms with Crippen molar-refractivity contribution >= 4 is 11.8 Å². The van der Waals surface area contributed by atoms with Gasteiger partial charge in [-0.1, -0.05) is 0 Å². The van der Waals surface area contributed by atoms with Crippen molar-refractivity contribution < 1.29 is 0 Å². The molecule has 3 N–H and O–H groups in total. The summed E-state index contributed by atoms with van der Waals surface area (Å²) in [5, 5.41) is 2.97. The van der Waals surface area contributed by atoms with Gasteiger partial charge in [0.15, 0.2) is 0 Å². The third kappa shape index (κ3) is 1.65. The molecule has 0 aliphatic heterocycles. The number of rotatable bonds is 2. The quantitative estimate of drug-likeness (QED) is 0.855. The van der Waals surface area contributed by atoms with Crippen molar-refractivity contribution in [2.45, 2.75) is 43.9 Å². The second-order valence-electron chi connectivity index (χ2n) is 6.94. The Bertz CT molecular complexity index is 476. The van der Waals surface area contributed by atoms with Crippen molar-refractivity contribution in [2.75, 3.05) is 18.1 Å². The second kappa shape index (κ2) is 3.84. The van der Waals surface area contributed by atoms with Gasteiger partial charge in [-0.2, -0.15) is 4.98 Å². The average Bonchev–Trinajstić information content (AvgIpc) is 2.36. The average molecular weight is 258 g/mol. The zero-order valence-electron chi connectivity index (χ0n) is 11.5. The van der Waals surface area contributed by atoms with Gasteiger partial charge in [-0.05, 0) is 56.3 Å². The highest BCUT2D eigenvalue weighted by molar-refractivity contribution is 5.48. The van der Waals surface area contributed by atoms with E-state index < -0.39 is 0 Å². The smallest absolute Gasteiger partial charge is 0.224 e. The van der Waals surface area contributed by atoms with Gasteiger partial charge in [0.1, 0.15) is 5.82 Å². The Hall–Kier alpha value is -1.32. The van der Waals surface area contributed by atoms with Gasteiger partial charge in [0.25, 0.3) is 0 Å². The fourth-order valence-electron chi connectivity index (χ4n) is 5.36. The van der Waals surface area contributed by atoms with Gasteiger partial charge >= 0.3 is 0 Å². The summed E-state index contributed by atoms with van der Waals surface area (Å²) in [6, 6.07) is 0. The van der Waals surface area contributed by atoms with Crippen LogP contribution in [0.15, 0.2) is 6.20 Å². The summed E-state index contributed by atoms with van der Waals surface area (Å²) in [7, 11) is 1.83. The molecule has 1 aromatic heterocycles. The van der Waals surface area contributed by atoms with Crippen LogP contribution in [0.5, 0.6) is 0 Å². The van der Waals surface area contributed by atoms with Crippen LogP contribution in [0.3, 0.4) is 0 Å². The van der Waals surface area contributed by atoms with Gasteiger partial charge in [0.2, 0.25) is 5.95 Å². The molecule has 4 bridgehead atoms. The summed E-state index contributed by atoms with van der Waals surface area (Å²) >= 11 is 0. The summed E-state index contributed by atoms with van der Waals surface area (Å²) in [6.07, 6.45) is 10.3. The van der Waals surface area contributed by atoms with E-state index in [1.807, 2.05) is 13.2 Å². The molecule has 1 aromatic rings. The van der Waals surface area contributed by atoms with Crippen LogP contribution < -0.4 is 11.1 Å². The van der Waals surface area contributed by atoms with Gasteiger partial charge in [-0.15, -0.1) is 0 Å². The van der Waals surface area contributed by atoms with Crippen LogP contribution in [0.2, 0.25) is 0 Å². The highest BCUT2D eigenvalue weighted by Crippen LogP contribution is 2.61. The first-order valence-corrected chi connectivity index (χ1v) is 7.49. The number of nitrogens with zero attached hydrogens (tertiary/aromatic N) is 2. The maximum absolute atomic E-state index is 6.23. The number of anilines is 2. The van der Waals surface area contributed by atoms with Crippen molar-refractivity contribution in [3.8, 4) is 0 Å². The van der Waals surface area contributed by atoms with Gasteiger partial charge < -0.3 is 11.1 Å². The lowest BCUT2D eigenvalue weighted by molar-refractivity contribution is -0.00509. The Morgan fingerprint density at radius 1 is 1.16 bits per heavy atom. The predicted molar refractivity (Wildman–Crippen MR) is 75.8 cm³/mol. The van der Waals surface area contributed by atoms with E-state index in [0.717, 1.165) is 17.8 Å². The van der Waals surface area contributed by atoms with Crippen LogP contribution >= 0.6 is 0 Å². The van der Waals surface area contributed by atoms with Crippen LogP contribution in [0, 0.1) is 17.8 Å². The Morgan fingerprint density at radius 3 is 2.21 bits per heavy atom. The van der Waals surface area contributed by atoms with E-state index in [1.165, 1.54) is 44.1 Å². The number of hydrogen-bond donors (Lipinski definition) is 2. The lowest BCUT2D eigenvalue weighted by Crippen LogP contribution is -2.48. The largest absolute Gasteiger partial charge is 0.383 e. The van der Waals surface area contributed by atoms with Crippen LogP contribution in [0.1, 0.15) is 44.1 Å². The number of aromatic nitrogens is 2. The van der Waals surface area contributed by atoms with Gasteiger partial charge in [0, 0.05) is 24.2 Å². The summed E-state index contributed by atoms with van der Waals surface area (Å²) in [4.78, 5) is 8.82. The van der Waals surface area contributed by atoms with Crippen molar-refractivity contribution in [1.29, 1.82) is 0 Å². The Kier molecular flexibility index (Phi) is 2.32. The molecule has 5 rings (SSSR count). The first-order valence-electron chi connectivity index (χ1n) is 7.49. The number of nitrogens with one attached hydrogen (secondary N) is 1. The monoisotopic (exact) mass is 258 g/mol. The SMILES string of the molecule is CNc1ncc(C23CC4CC(CC(C4)C2)C3)c(N)n1. The molecule has 0 amide bonds. The molecule has 1 heterocycles.